The van der Waals surface area contributed by atoms with Crippen LogP contribution in [-0.4, -0.2) is 51.3 Å². The molecule has 1 aromatic carbocycles. The molecule has 1 fully saturated rings. The Hall–Kier alpha value is -3.22. The molecule has 31 heavy (non-hydrogen) atoms. The number of aromatic nitrogens is 3. The molecule has 3 aromatic rings. The molecular formula is C22H22N6O2S. The van der Waals surface area contributed by atoms with Gasteiger partial charge >= 0.3 is 0 Å². The summed E-state index contributed by atoms with van der Waals surface area (Å²) in [7, 11) is 0. The summed E-state index contributed by atoms with van der Waals surface area (Å²) >= 11 is 1.42. The van der Waals surface area contributed by atoms with Gasteiger partial charge in [-0.25, -0.2) is 0 Å². The Kier molecular flexibility index (Phi) is 6.92. The van der Waals surface area contributed by atoms with Crippen molar-refractivity contribution in [3.63, 3.8) is 0 Å². The molecule has 0 saturated carbocycles. The summed E-state index contributed by atoms with van der Waals surface area (Å²) in [5.74, 6) is 1.61. The smallest absolute Gasteiger partial charge is 0.238 e. The van der Waals surface area contributed by atoms with Gasteiger partial charge in [0.05, 0.1) is 24.1 Å². The molecule has 0 bridgehead atoms. The molecule has 4 rings (SSSR count). The van der Waals surface area contributed by atoms with Gasteiger partial charge in [0, 0.05) is 17.0 Å². The van der Waals surface area contributed by atoms with E-state index >= 15 is 0 Å². The van der Waals surface area contributed by atoms with Crippen molar-refractivity contribution >= 4 is 23.4 Å². The van der Waals surface area contributed by atoms with Crippen molar-refractivity contribution in [2.75, 3.05) is 30.7 Å². The summed E-state index contributed by atoms with van der Waals surface area (Å²) in [5, 5.41) is 15.8. The first-order chi connectivity index (χ1) is 15.2. The fourth-order valence-electron chi connectivity index (χ4n) is 3.54. The molecule has 3 heterocycles. The lowest BCUT2D eigenvalue weighted by Gasteiger charge is -2.29. The molecular weight excluding hydrogens is 412 g/mol. The Balaban J connectivity index is 1.28. The lowest BCUT2D eigenvalue weighted by molar-refractivity contribution is -0.117. The highest BCUT2D eigenvalue weighted by molar-refractivity contribution is 7.99. The van der Waals surface area contributed by atoms with E-state index in [-0.39, 0.29) is 11.8 Å². The highest BCUT2D eigenvalue weighted by Crippen LogP contribution is 2.29. The van der Waals surface area contributed by atoms with E-state index in [1.54, 1.807) is 6.20 Å². The first kappa shape index (κ1) is 21.0. The average Bonchev–Trinajstić information content (AvgIpc) is 3.30. The van der Waals surface area contributed by atoms with Gasteiger partial charge < -0.3 is 9.84 Å². The number of amides is 1. The van der Waals surface area contributed by atoms with Crippen molar-refractivity contribution in [3.05, 3.63) is 54.6 Å². The summed E-state index contributed by atoms with van der Waals surface area (Å²) in [5.41, 5.74) is 1.44. The van der Waals surface area contributed by atoms with Gasteiger partial charge in [0.2, 0.25) is 17.6 Å². The van der Waals surface area contributed by atoms with Gasteiger partial charge in [0.25, 0.3) is 0 Å². The minimum atomic E-state index is -0.0568. The van der Waals surface area contributed by atoms with Gasteiger partial charge in [-0.15, -0.1) is 11.8 Å². The van der Waals surface area contributed by atoms with Crippen LogP contribution in [0.4, 0.5) is 5.69 Å². The zero-order chi connectivity index (χ0) is 21.5. The van der Waals surface area contributed by atoms with Crippen molar-refractivity contribution in [1.82, 2.24) is 20.0 Å². The first-order valence-corrected chi connectivity index (χ1v) is 11.1. The molecule has 158 valence electrons. The van der Waals surface area contributed by atoms with E-state index in [1.807, 2.05) is 42.5 Å². The third-order valence-corrected chi connectivity index (χ3v) is 6.03. The van der Waals surface area contributed by atoms with Crippen LogP contribution in [0.2, 0.25) is 0 Å². The number of benzene rings is 1. The van der Waals surface area contributed by atoms with Crippen LogP contribution < -0.4 is 5.32 Å². The quantitative estimate of drug-likeness (QED) is 0.562. The van der Waals surface area contributed by atoms with E-state index in [4.69, 9.17) is 9.78 Å². The third kappa shape index (κ3) is 5.48. The molecule has 1 N–H and O–H groups in total. The van der Waals surface area contributed by atoms with Gasteiger partial charge in [-0.1, -0.05) is 23.4 Å². The number of pyridine rings is 1. The summed E-state index contributed by atoms with van der Waals surface area (Å²) in [4.78, 5) is 24.3. The average molecular weight is 435 g/mol. The molecule has 0 spiro atoms. The molecule has 1 amide bonds. The molecule has 0 aliphatic carbocycles. The lowest BCUT2D eigenvalue weighted by atomic mass is 9.97. The fraction of sp³-hybridized carbons (Fsp3) is 0.318. The van der Waals surface area contributed by atoms with Crippen LogP contribution in [0.3, 0.4) is 0 Å². The van der Waals surface area contributed by atoms with Crippen molar-refractivity contribution in [2.24, 2.45) is 0 Å². The number of thioether (sulfide) groups is 1. The van der Waals surface area contributed by atoms with Crippen molar-refractivity contribution in [3.8, 4) is 17.6 Å². The Morgan fingerprint density at radius 1 is 1.23 bits per heavy atom. The number of nitrogens with zero attached hydrogens (tertiary/aromatic N) is 5. The molecule has 0 atom stereocenters. The maximum atomic E-state index is 12.5. The van der Waals surface area contributed by atoms with Crippen LogP contribution >= 0.6 is 11.8 Å². The summed E-state index contributed by atoms with van der Waals surface area (Å²) in [6.45, 7) is 1.89. The van der Waals surface area contributed by atoms with Gasteiger partial charge in [-0.2, -0.15) is 10.2 Å². The van der Waals surface area contributed by atoms with Crippen molar-refractivity contribution < 1.29 is 9.32 Å². The molecule has 0 radical (unpaired) electrons. The molecule has 0 unspecified atom stereocenters. The van der Waals surface area contributed by atoms with Gasteiger partial charge in [-0.3, -0.25) is 14.7 Å². The second kappa shape index (κ2) is 10.2. The number of para-hydroxylation sites is 1. The van der Waals surface area contributed by atoms with E-state index in [2.05, 4.69) is 31.4 Å². The normalized spacial score (nSPS) is 14.8. The number of carbonyl (C=O) groups is 1. The van der Waals surface area contributed by atoms with E-state index in [9.17, 15) is 4.79 Å². The lowest BCUT2D eigenvalue weighted by Crippen LogP contribution is -2.38. The second-order valence-electron chi connectivity index (χ2n) is 7.21. The number of likely N-dealkylation sites (tertiary alicyclic amines) is 1. The molecule has 2 aromatic heterocycles. The van der Waals surface area contributed by atoms with E-state index in [1.165, 1.54) is 11.8 Å². The van der Waals surface area contributed by atoms with E-state index in [0.717, 1.165) is 36.5 Å². The topological polar surface area (TPSA) is 108 Å². The molecule has 8 nitrogen and oxygen atoms in total. The Morgan fingerprint density at radius 3 is 2.81 bits per heavy atom. The number of rotatable bonds is 7. The SMILES string of the molecule is N#CCSc1ccccc1NC(=O)CN1CCC(c2nc(-c3ccccn3)no2)CC1. The van der Waals surface area contributed by atoms with Crippen molar-refractivity contribution in [1.29, 1.82) is 5.26 Å². The van der Waals surface area contributed by atoms with Crippen molar-refractivity contribution in [2.45, 2.75) is 23.7 Å². The number of hydrogen-bond donors (Lipinski definition) is 1. The van der Waals surface area contributed by atoms with E-state index in [0.29, 0.717) is 29.7 Å². The number of piperidine rings is 1. The van der Waals surface area contributed by atoms with Crippen LogP contribution in [0.15, 0.2) is 58.1 Å². The summed E-state index contributed by atoms with van der Waals surface area (Å²) in [6.07, 6.45) is 3.41. The molecule has 1 aliphatic rings. The standard InChI is InChI=1S/C22H22N6O2S/c23-10-14-31-19-7-2-1-5-17(19)25-20(29)15-28-12-8-16(9-13-28)22-26-21(27-30-22)18-6-3-4-11-24-18/h1-7,11,16H,8-9,12-15H2,(H,25,29). The minimum Gasteiger partial charge on any atom is -0.339 e. The van der Waals surface area contributed by atoms with Crippen LogP contribution in [0.1, 0.15) is 24.7 Å². The summed E-state index contributed by atoms with van der Waals surface area (Å²) in [6, 6.07) is 15.2. The molecule has 1 saturated heterocycles. The monoisotopic (exact) mass is 434 g/mol. The van der Waals surface area contributed by atoms with Gasteiger partial charge in [0.15, 0.2) is 0 Å². The minimum absolute atomic E-state index is 0.0568. The summed E-state index contributed by atoms with van der Waals surface area (Å²) < 4.78 is 5.48. The van der Waals surface area contributed by atoms with E-state index < -0.39 is 0 Å². The predicted octanol–water partition coefficient (Wildman–Crippen LogP) is 3.57. The third-order valence-electron chi connectivity index (χ3n) is 5.09. The van der Waals surface area contributed by atoms with Gasteiger partial charge in [-0.05, 0) is 50.2 Å². The number of anilines is 1. The fourth-order valence-corrected chi connectivity index (χ4v) is 4.21. The highest BCUT2D eigenvalue weighted by atomic mass is 32.2. The Morgan fingerprint density at radius 2 is 2.03 bits per heavy atom. The van der Waals surface area contributed by atoms with Crippen LogP contribution in [-0.2, 0) is 4.79 Å². The first-order valence-electron chi connectivity index (χ1n) is 10.1. The van der Waals surface area contributed by atoms with Gasteiger partial charge in [0.1, 0.15) is 5.69 Å². The Bertz CT molecular complexity index is 1060. The van der Waals surface area contributed by atoms with Crippen LogP contribution in [0.5, 0.6) is 0 Å². The maximum absolute atomic E-state index is 12.5. The molecule has 9 heteroatoms. The number of carbonyl (C=O) groups excluding carboxylic acids is 1. The predicted molar refractivity (Wildman–Crippen MR) is 117 cm³/mol. The second-order valence-corrected chi connectivity index (χ2v) is 8.23. The molecule has 1 aliphatic heterocycles. The van der Waals surface area contributed by atoms with Crippen LogP contribution in [0, 0.1) is 11.3 Å². The number of nitrogens with one attached hydrogen (secondary N) is 1. The zero-order valence-electron chi connectivity index (χ0n) is 16.9. The zero-order valence-corrected chi connectivity index (χ0v) is 17.7. The Labute approximate surface area is 184 Å². The van der Waals surface area contributed by atoms with Crippen LogP contribution in [0.25, 0.3) is 11.5 Å². The highest BCUT2D eigenvalue weighted by Gasteiger charge is 2.26. The maximum Gasteiger partial charge on any atom is 0.238 e. The number of hydrogen-bond acceptors (Lipinski definition) is 8. The largest absolute Gasteiger partial charge is 0.339 e. The number of nitriles is 1.